The third-order valence-electron chi connectivity index (χ3n) is 1.08. The lowest BCUT2D eigenvalue weighted by Crippen LogP contribution is -2.40. The Bertz CT molecular complexity index is 136. The number of hydrogen-bond acceptors (Lipinski definition) is 2. The Morgan fingerprint density at radius 1 is 1.55 bits per heavy atom. The van der Waals surface area contributed by atoms with E-state index in [9.17, 15) is 4.79 Å². The lowest BCUT2D eigenvalue weighted by Gasteiger charge is -2.18. The van der Waals surface area contributed by atoms with Crippen LogP contribution in [-0.2, 0) is 4.79 Å². The van der Waals surface area contributed by atoms with E-state index in [1.807, 2.05) is 20.8 Å². The van der Waals surface area contributed by atoms with Crippen LogP contribution in [0.4, 0.5) is 0 Å². The van der Waals surface area contributed by atoms with Gasteiger partial charge in [-0.3, -0.25) is 4.79 Å². The summed E-state index contributed by atoms with van der Waals surface area (Å²) in [6, 6.07) is 0. The third kappa shape index (κ3) is 7.33. The monoisotopic (exact) mass is 158 g/mol. The van der Waals surface area contributed by atoms with Gasteiger partial charge >= 0.3 is 0 Å². The van der Waals surface area contributed by atoms with Crippen molar-refractivity contribution in [2.75, 3.05) is 0 Å². The Morgan fingerprint density at radius 2 is 2.00 bits per heavy atom. The maximum absolute atomic E-state index is 11.1. The van der Waals surface area contributed by atoms with Gasteiger partial charge in [0.2, 0.25) is 5.91 Å². The molecule has 1 unspecified atom stereocenters. The number of rotatable bonds is 2. The maximum Gasteiger partial charge on any atom is 0.221 e. The molecule has 1 atom stereocenters. The first-order chi connectivity index (χ1) is 4.81. The topological polar surface area (TPSA) is 55.1 Å². The molecule has 3 heteroatoms. The molecule has 1 amide bonds. The molecule has 0 saturated carbocycles. The van der Waals surface area contributed by atoms with Crippen molar-refractivity contribution in [3.63, 3.8) is 0 Å². The number of amides is 1. The van der Waals surface area contributed by atoms with Crippen LogP contribution in [0.15, 0.2) is 0 Å². The normalized spacial score (nSPS) is 14.3. The molecule has 11 heavy (non-hydrogen) atoms. The fourth-order valence-electron chi connectivity index (χ4n) is 0.787. The van der Waals surface area contributed by atoms with Crippen LogP contribution in [0.5, 0.6) is 0 Å². The molecule has 0 aliphatic rings. The first-order valence-electron chi connectivity index (χ1n) is 3.86. The second kappa shape index (κ2) is 3.72. The molecule has 3 N–H and O–H groups in total. The van der Waals surface area contributed by atoms with Crippen molar-refractivity contribution in [2.24, 2.45) is 11.1 Å². The Labute approximate surface area is 68.3 Å². The molecule has 0 saturated heterocycles. The molecule has 0 heterocycles. The van der Waals surface area contributed by atoms with Crippen molar-refractivity contribution < 1.29 is 4.79 Å². The van der Waals surface area contributed by atoms with Crippen LogP contribution in [0.3, 0.4) is 0 Å². The van der Waals surface area contributed by atoms with Crippen molar-refractivity contribution in [3.8, 4) is 0 Å². The van der Waals surface area contributed by atoms with Gasteiger partial charge in [-0.15, -0.1) is 0 Å². The second-order valence-corrected chi connectivity index (χ2v) is 4.09. The molecule has 0 fully saturated rings. The summed E-state index contributed by atoms with van der Waals surface area (Å²) in [5, 5.41) is 2.64. The number of nitrogens with one attached hydrogen (secondary N) is 1. The quantitative estimate of drug-likeness (QED) is 0.585. The fraction of sp³-hybridized carbons (Fsp3) is 0.875. The highest BCUT2D eigenvalue weighted by Gasteiger charge is 2.15. The Balaban J connectivity index is 3.71. The lowest BCUT2D eigenvalue weighted by atomic mass is 9.92. The molecule has 0 bridgehead atoms. The first kappa shape index (κ1) is 10.4. The van der Waals surface area contributed by atoms with E-state index in [1.54, 1.807) is 6.92 Å². The van der Waals surface area contributed by atoms with Gasteiger partial charge in [0.25, 0.3) is 0 Å². The van der Waals surface area contributed by atoms with Crippen LogP contribution in [0, 0.1) is 5.41 Å². The number of carbonyl (C=O) groups is 1. The minimum atomic E-state index is -0.246. The van der Waals surface area contributed by atoms with Crippen LogP contribution < -0.4 is 11.1 Å². The van der Waals surface area contributed by atoms with Crippen LogP contribution in [-0.4, -0.2) is 12.1 Å². The van der Waals surface area contributed by atoms with Crippen molar-refractivity contribution in [2.45, 2.75) is 40.3 Å². The van der Waals surface area contributed by atoms with E-state index < -0.39 is 0 Å². The minimum Gasteiger partial charge on any atom is -0.341 e. The summed E-state index contributed by atoms with van der Waals surface area (Å²) in [7, 11) is 0. The highest BCUT2D eigenvalue weighted by molar-refractivity contribution is 5.76. The van der Waals surface area contributed by atoms with Gasteiger partial charge in [-0.25, -0.2) is 0 Å². The van der Waals surface area contributed by atoms with Gasteiger partial charge in [-0.2, -0.15) is 0 Å². The lowest BCUT2D eigenvalue weighted by molar-refractivity contribution is -0.123. The first-order valence-corrected chi connectivity index (χ1v) is 3.86. The van der Waals surface area contributed by atoms with Crippen LogP contribution in [0.2, 0.25) is 0 Å². The maximum atomic E-state index is 11.1. The predicted molar refractivity (Wildman–Crippen MR) is 45.9 cm³/mol. The van der Waals surface area contributed by atoms with Gasteiger partial charge in [0.1, 0.15) is 0 Å². The highest BCUT2D eigenvalue weighted by Crippen LogP contribution is 2.17. The number of carbonyl (C=O) groups excluding carboxylic acids is 1. The van der Waals surface area contributed by atoms with Crippen molar-refractivity contribution >= 4 is 5.91 Å². The number of hydrogen-bond donors (Lipinski definition) is 2. The molecule has 0 spiro atoms. The summed E-state index contributed by atoms with van der Waals surface area (Å²) in [6.07, 6.45) is 0.277. The molecule has 0 aromatic heterocycles. The summed E-state index contributed by atoms with van der Waals surface area (Å²) >= 11 is 0. The third-order valence-corrected chi connectivity index (χ3v) is 1.08. The van der Waals surface area contributed by atoms with Gasteiger partial charge < -0.3 is 11.1 Å². The summed E-state index contributed by atoms with van der Waals surface area (Å²) < 4.78 is 0. The van der Waals surface area contributed by atoms with E-state index in [2.05, 4.69) is 5.32 Å². The zero-order chi connectivity index (χ0) is 9.07. The van der Waals surface area contributed by atoms with E-state index in [0.717, 1.165) is 0 Å². The van der Waals surface area contributed by atoms with Crippen molar-refractivity contribution in [1.29, 1.82) is 0 Å². The molecule has 0 aliphatic carbocycles. The van der Waals surface area contributed by atoms with Gasteiger partial charge in [-0.1, -0.05) is 20.8 Å². The van der Waals surface area contributed by atoms with Crippen LogP contribution >= 0.6 is 0 Å². The van der Waals surface area contributed by atoms with E-state index in [4.69, 9.17) is 5.73 Å². The van der Waals surface area contributed by atoms with E-state index >= 15 is 0 Å². The van der Waals surface area contributed by atoms with Gasteiger partial charge in [0.15, 0.2) is 0 Å². The van der Waals surface area contributed by atoms with Crippen molar-refractivity contribution in [1.82, 2.24) is 5.32 Å². The largest absolute Gasteiger partial charge is 0.341 e. The van der Waals surface area contributed by atoms with E-state index in [0.29, 0.717) is 6.42 Å². The van der Waals surface area contributed by atoms with Crippen LogP contribution in [0.1, 0.15) is 34.1 Å². The minimum absolute atomic E-state index is 0.0208. The predicted octanol–water partition coefficient (Wildman–Crippen LogP) is 0.843. The average molecular weight is 158 g/mol. The standard InChI is InChI=1S/C8H18N2O/c1-6(9)10-7(11)5-8(2,3)4/h6H,5,9H2,1-4H3,(H,10,11). The molecular weight excluding hydrogens is 140 g/mol. The Hall–Kier alpha value is -0.570. The fourth-order valence-corrected chi connectivity index (χ4v) is 0.787. The highest BCUT2D eigenvalue weighted by atomic mass is 16.1. The van der Waals surface area contributed by atoms with Gasteiger partial charge in [0.05, 0.1) is 6.17 Å². The molecule has 3 nitrogen and oxygen atoms in total. The smallest absolute Gasteiger partial charge is 0.221 e. The second-order valence-electron chi connectivity index (χ2n) is 4.09. The summed E-state index contributed by atoms with van der Waals surface area (Å²) in [5.41, 5.74) is 5.42. The SMILES string of the molecule is CC(N)NC(=O)CC(C)(C)C. The molecule has 0 rings (SSSR count). The molecule has 0 aromatic rings. The Morgan fingerprint density at radius 3 is 2.27 bits per heavy atom. The zero-order valence-electron chi connectivity index (χ0n) is 7.77. The molecular formula is C8H18N2O. The van der Waals surface area contributed by atoms with E-state index in [1.165, 1.54) is 0 Å². The van der Waals surface area contributed by atoms with Crippen molar-refractivity contribution in [3.05, 3.63) is 0 Å². The molecule has 66 valence electrons. The summed E-state index contributed by atoms with van der Waals surface area (Å²) in [6.45, 7) is 7.82. The Kier molecular flexibility index (Phi) is 3.52. The van der Waals surface area contributed by atoms with Gasteiger partial charge in [0, 0.05) is 6.42 Å². The molecule has 0 radical (unpaired) electrons. The summed E-state index contributed by atoms with van der Waals surface area (Å²) in [5.74, 6) is 0.0208. The van der Waals surface area contributed by atoms with Crippen LogP contribution in [0.25, 0.3) is 0 Å². The molecule has 0 aliphatic heterocycles. The van der Waals surface area contributed by atoms with E-state index in [-0.39, 0.29) is 17.5 Å². The number of nitrogens with two attached hydrogens (primary N) is 1. The molecule has 0 aromatic carbocycles. The van der Waals surface area contributed by atoms with Gasteiger partial charge in [-0.05, 0) is 12.3 Å². The zero-order valence-corrected chi connectivity index (χ0v) is 7.77. The summed E-state index contributed by atoms with van der Waals surface area (Å²) in [4.78, 5) is 11.1. The average Bonchev–Trinajstić information content (AvgIpc) is 1.53.